The molecule has 0 aliphatic heterocycles. The minimum atomic E-state index is -0.610. The van der Waals surface area contributed by atoms with Gasteiger partial charge in [0.1, 0.15) is 16.9 Å². The zero-order chi connectivity index (χ0) is 19.3. The maximum atomic E-state index is 12.5. The summed E-state index contributed by atoms with van der Waals surface area (Å²) in [6.45, 7) is 0. The zero-order valence-electron chi connectivity index (χ0n) is 14.6. The fourth-order valence-electron chi connectivity index (χ4n) is 3.20. The van der Waals surface area contributed by atoms with Crippen LogP contribution in [0.5, 0.6) is 5.75 Å². The first-order chi connectivity index (χ1) is 13.6. The monoisotopic (exact) mass is 374 g/mol. The molecule has 1 saturated carbocycles. The van der Waals surface area contributed by atoms with E-state index >= 15 is 0 Å². The molecule has 0 atom stereocenters. The molecular weight excluding hydrogens is 360 g/mol. The molecular formula is C22H14O6. The number of carbonyl (C=O) groups is 1. The van der Waals surface area contributed by atoms with Crippen molar-refractivity contribution in [3.63, 3.8) is 0 Å². The largest absolute Gasteiger partial charge is 0.426 e. The molecule has 1 aliphatic carbocycles. The third kappa shape index (κ3) is 2.89. The third-order valence-corrected chi connectivity index (χ3v) is 4.78. The molecule has 4 aromatic rings. The number of benzene rings is 2. The minimum Gasteiger partial charge on any atom is -0.426 e. The van der Waals surface area contributed by atoms with Gasteiger partial charge in [0.15, 0.2) is 0 Å². The molecule has 5 rings (SSSR count). The smallest absolute Gasteiger partial charge is 0.344 e. The lowest BCUT2D eigenvalue weighted by atomic mass is 10.0. The topological polar surface area (TPSA) is 86.7 Å². The first kappa shape index (κ1) is 16.5. The molecule has 0 unspecified atom stereocenters. The van der Waals surface area contributed by atoms with Crippen molar-refractivity contribution in [3.8, 4) is 16.9 Å². The van der Waals surface area contributed by atoms with Gasteiger partial charge in [-0.3, -0.25) is 4.79 Å². The van der Waals surface area contributed by atoms with Crippen LogP contribution >= 0.6 is 0 Å². The Morgan fingerprint density at radius 1 is 0.893 bits per heavy atom. The van der Waals surface area contributed by atoms with Gasteiger partial charge in [-0.2, -0.15) is 0 Å². The van der Waals surface area contributed by atoms with Crippen LogP contribution in [-0.2, 0) is 4.79 Å². The summed E-state index contributed by atoms with van der Waals surface area (Å²) in [4.78, 5) is 36.5. The second-order valence-corrected chi connectivity index (χ2v) is 6.82. The lowest BCUT2D eigenvalue weighted by molar-refractivity contribution is -0.135. The Morgan fingerprint density at radius 2 is 1.71 bits per heavy atom. The van der Waals surface area contributed by atoms with Crippen LogP contribution in [0.15, 0.2) is 73.0 Å². The Labute approximate surface area is 158 Å². The summed E-state index contributed by atoms with van der Waals surface area (Å²) in [5, 5.41) is 1.29. The second-order valence-electron chi connectivity index (χ2n) is 6.82. The summed E-state index contributed by atoms with van der Waals surface area (Å²) >= 11 is 0. The molecule has 0 bridgehead atoms. The fraction of sp³-hybridized carbons (Fsp3) is 0.136. The van der Waals surface area contributed by atoms with Gasteiger partial charge in [-0.15, -0.1) is 0 Å². The Kier molecular flexibility index (Phi) is 3.65. The van der Waals surface area contributed by atoms with E-state index in [1.165, 1.54) is 12.1 Å². The van der Waals surface area contributed by atoms with Crippen molar-refractivity contribution in [2.24, 2.45) is 5.92 Å². The number of fused-ring (bicyclic) bond motifs is 2. The summed E-state index contributed by atoms with van der Waals surface area (Å²) in [5.74, 6) is -0.0282. The number of hydrogen-bond donors (Lipinski definition) is 0. The fourth-order valence-corrected chi connectivity index (χ4v) is 3.20. The summed E-state index contributed by atoms with van der Waals surface area (Å²) in [7, 11) is 0. The number of rotatable bonds is 3. The van der Waals surface area contributed by atoms with Crippen molar-refractivity contribution in [2.75, 3.05) is 0 Å². The number of esters is 1. The van der Waals surface area contributed by atoms with E-state index in [4.69, 9.17) is 13.6 Å². The van der Waals surface area contributed by atoms with Crippen LogP contribution in [-0.4, -0.2) is 5.97 Å². The maximum Gasteiger partial charge on any atom is 0.344 e. The van der Waals surface area contributed by atoms with E-state index in [9.17, 15) is 14.4 Å². The lowest BCUT2D eigenvalue weighted by Gasteiger charge is -2.08. The van der Waals surface area contributed by atoms with Gasteiger partial charge in [-0.05, 0) is 37.1 Å². The molecule has 28 heavy (non-hydrogen) atoms. The van der Waals surface area contributed by atoms with Gasteiger partial charge >= 0.3 is 17.2 Å². The predicted octanol–water partition coefficient (Wildman–Crippen LogP) is 3.88. The molecule has 2 heterocycles. The average molecular weight is 374 g/mol. The Morgan fingerprint density at radius 3 is 2.54 bits per heavy atom. The molecule has 2 aromatic heterocycles. The number of ether oxygens (including phenoxy) is 1. The van der Waals surface area contributed by atoms with Gasteiger partial charge in [-0.25, -0.2) is 9.59 Å². The normalized spacial score (nSPS) is 13.7. The molecule has 1 aliphatic rings. The molecule has 6 nitrogen and oxygen atoms in total. The van der Waals surface area contributed by atoms with Gasteiger partial charge in [-0.1, -0.05) is 18.2 Å². The predicted molar refractivity (Wildman–Crippen MR) is 102 cm³/mol. The van der Waals surface area contributed by atoms with E-state index in [0.717, 1.165) is 18.2 Å². The average Bonchev–Trinajstić information content (AvgIpc) is 3.52. The number of para-hydroxylation sites is 1. The van der Waals surface area contributed by atoms with Crippen molar-refractivity contribution in [1.82, 2.24) is 0 Å². The van der Waals surface area contributed by atoms with E-state index in [-0.39, 0.29) is 23.0 Å². The quantitative estimate of drug-likeness (QED) is 0.307. The van der Waals surface area contributed by atoms with Crippen LogP contribution in [0.2, 0.25) is 0 Å². The molecule has 138 valence electrons. The lowest BCUT2D eigenvalue weighted by Crippen LogP contribution is -2.10. The van der Waals surface area contributed by atoms with Crippen molar-refractivity contribution in [3.05, 3.63) is 75.4 Å². The molecule has 0 saturated heterocycles. The second kappa shape index (κ2) is 6.20. The zero-order valence-corrected chi connectivity index (χ0v) is 14.6. The minimum absolute atomic E-state index is 0.0451. The van der Waals surface area contributed by atoms with Crippen LogP contribution in [0.4, 0.5) is 0 Å². The van der Waals surface area contributed by atoms with E-state index < -0.39 is 11.3 Å². The van der Waals surface area contributed by atoms with E-state index in [1.807, 2.05) is 12.1 Å². The molecule has 0 N–H and O–H groups in total. The van der Waals surface area contributed by atoms with Crippen LogP contribution in [0.3, 0.4) is 0 Å². The van der Waals surface area contributed by atoms with Crippen molar-refractivity contribution < 1.29 is 18.4 Å². The summed E-state index contributed by atoms with van der Waals surface area (Å²) in [6.07, 6.45) is 1.67. The van der Waals surface area contributed by atoms with Gasteiger partial charge in [0.25, 0.3) is 0 Å². The Bertz CT molecular complexity index is 1360. The highest BCUT2D eigenvalue weighted by Gasteiger charge is 2.31. The molecule has 1 fully saturated rings. The first-order valence-electron chi connectivity index (χ1n) is 8.91. The molecule has 2 aromatic carbocycles. The SMILES string of the molecule is O=C(Oc1ccc2c(-c3cc4ccccc4oc3=O)cc(=O)oc2c1)C1CC1. The van der Waals surface area contributed by atoms with Crippen LogP contribution < -0.4 is 16.0 Å². The Hall–Kier alpha value is -3.67. The van der Waals surface area contributed by atoms with E-state index in [2.05, 4.69) is 0 Å². The van der Waals surface area contributed by atoms with E-state index in [1.54, 1.807) is 30.3 Å². The van der Waals surface area contributed by atoms with Crippen molar-refractivity contribution in [2.45, 2.75) is 12.8 Å². The molecule has 0 radical (unpaired) electrons. The third-order valence-electron chi connectivity index (χ3n) is 4.78. The van der Waals surface area contributed by atoms with Crippen LogP contribution in [0, 0.1) is 5.92 Å². The van der Waals surface area contributed by atoms with Crippen LogP contribution in [0.1, 0.15) is 12.8 Å². The van der Waals surface area contributed by atoms with Crippen molar-refractivity contribution in [1.29, 1.82) is 0 Å². The first-order valence-corrected chi connectivity index (χ1v) is 8.91. The van der Waals surface area contributed by atoms with Gasteiger partial charge < -0.3 is 13.6 Å². The highest BCUT2D eigenvalue weighted by atomic mass is 16.5. The summed E-state index contributed by atoms with van der Waals surface area (Å²) in [6, 6.07) is 14.9. The number of carbonyl (C=O) groups excluding carboxylic acids is 1. The molecule has 0 amide bonds. The Balaban J connectivity index is 1.67. The van der Waals surface area contributed by atoms with Crippen molar-refractivity contribution >= 4 is 27.9 Å². The number of hydrogen-bond acceptors (Lipinski definition) is 6. The van der Waals surface area contributed by atoms with Gasteiger partial charge in [0.05, 0.1) is 11.5 Å². The molecule has 0 spiro atoms. The summed E-state index contributed by atoms with van der Waals surface area (Å²) in [5.41, 5.74) is 0.217. The highest BCUT2D eigenvalue weighted by Crippen LogP contribution is 2.33. The maximum absolute atomic E-state index is 12.5. The van der Waals surface area contributed by atoms with Gasteiger partial charge in [0.2, 0.25) is 0 Å². The standard InChI is InChI=1S/C22H14O6/c23-20-11-16(17-9-13-3-1-2-4-18(13)28-22(17)25)15-8-7-14(10-19(15)27-20)26-21(24)12-5-6-12/h1-4,7-12H,5-6H2. The van der Waals surface area contributed by atoms with Gasteiger partial charge in [0, 0.05) is 28.5 Å². The highest BCUT2D eigenvalue weighted by molar-refractivity contribution is 5.95. The summed E-state index contributed by atoms with van der Waals surface area (Å²) < 4.78 is 16.0. The van der Waals surface area contributed by atoms with E-state index in [0.29, 0.717) is 22.3 Å². The van der Waals surface area contributed by atoms with Crippen LogP contribution in [0.25, 0.3) is 33.1 Å². The molecule has 6 heteroatoms.